The molecule has 3 aromatic rings. The molecule has 0 radical (unpaired) electrons. The first-order valence-corrected chi connectivity index (χ1v) is 6.47. The molecule has 3 rings (SSSR count). The lowest BCUT2D eigenvalue weighted by Gasteiger charge is -2.08. The van der Waals surface area contributed by atoms with E-state index < -0.39 is 11.6 Å². The first kappa shape index (κ1) is 13.4. The van der Waals surface area contributed by atoms with Crippen LogP contribution in [-0.4, -0.2) is 9.97 Å². The van der Waals surface area contributed by atoms with Crippen LogP contribution in [0, 0.1) is 18.6 Å². The number of pyridine rings is 2. The summed E-state index contributed by atoms with van der Waals surface area (Å²) in [5.41, 5.74) is 4.19. The lowest BCUT2D eigenvalue weighted by atomic mass is 10.0. The number of benzene rings is 1. The summed E-state index contributed by atoms with van der Waals surface area (Å²) in [5, 5.41) is 0. The first-order chi connectivity index (χ1) is 10.1. The van der Waals surface area contributed by atoms with Gasteiger partial charge in [-0.05, 0) is 54.4 Å². The molecule has 0 N–H and O–H groups in total. The summed E-state index contributed by atoms with van der Waals surface area (Å²) in [4.78, 5) is 8.33. The van der Waals surface area contributed by atoms with Gasteiger partial charge in [0, 0.05) is 29.7 Å². The average Bonchev–Trinajstić information content (AvgIpc) is 2.51. The monoisotopic (exact) mass is 282 g/mol. The first-order valence-electron chi connectivity index (χ1n) is 6.47. The van der Waals surface area contributed by atoms with E-state index in [-0.39, 0.29) is 0 Å². The van der Waals surface area contributed by atoms with Gasteiger partial charge in [-0.25, -0.2) is 8.78 Å². The van der Waals surface area contributed by atoms with E-state index >= 15 is 0 Å². The topological polar surface area (TPSA) is 25.8 Å². The number of nitrogens with zero attached hydrogens (tertiary/aromatic N) is 2. The Balaban J connectivity index is 2.03. The zero-order chi connectivity index (χ0) is 14.8. The zero-order valence-electron chi connectivity index (χ0n) is 11.3. The van der Waals surface area contributed by atoms with Crippen LogP contribution in [0.15, 0.2) is 55.0 Å². The minimum absolute atomic E-state index is 0.554. The largest absolute Gasteiger partial charge is 0.265 e. The quantitative estimate of drug-likeness (QED) is 0.696. The molecule has 21 heavy (non-hydrogen) atoms. The Hall–Kier alpha value is -2.62. The number of aromatic nitrogens is 2. The molecule has 4 heteroatoms. The van der Waals surface area contributed by atoms with Crippen LogP contribution in [0.4, 0.5) is 8.78 Å². The maximum absolute atomic E-state index is 13.3. The summed E-state index contributed by atoms with van der Waals surface area (Å²) in [5.74, 6) is -1.73. The van der Waals surface area contributed by atoms with Gasteiger partial charge in [-0.1, -0.05) is 0 Å². The van der Waals surface area contributed by atoms with Crippen LogP contribution in [0.3, 0.4) is 0 Å². The maximum Gasteiger partial charge on any atom is 0.159 e. The summed E-state index contributed by atoms with van der Waals surface area (Å²) >= 11 is 0. The van der Waals surface area contributed by atoms with Crippen molar-refractivity contribution in [2.75, 3.05) is 0 Å². The third-order valence-electron chi connectivity index (χ3n) is 3.32. The fourth-order valence-electron chi connectivity index (χ4n) is 2.20. The normalized spacial score (nSPS) is 10.6. The van der Waals surface area contributed by atoms with Gasteiger partial charge in [0.15, 0.2) is 11.6 Å². The Morgan fingerprint density at radius 3 is 2.29 bits per heavy atom. The van der Waals surface area contributed by atoms with Crippen LogP contribution in [-0.2, 0) is 0 Å². The SMILES string of the molecule is Cc1cc(-c2ccc(F)c(F)c2)ncc1-c1ccncc1. The molecule has 0 aliphatic heterocycles. The Morgan fingerprint density at radius 1 is 0.857 bits per heavy atom. The van der Waals surface area contributed by atoms with Gasteiger partial charge >= 0.3 is 0 Å². The van der Waals surface area contributed by atoms with Crippen molar-refractivity contribution in [2.45, 2.75) is 6.92 Å². The van der Waals surface area contributed by atoms with Crippen molar-refractivity contribution < 1.29 is 8.78 Å². The highest BCUT2D eigenvalue weighted by Gasteiger charge is 2.08. The van der Waals surface area contributed by atoms with E-state index in [9.17, 15) is 8.78 Å². The summed E-state index contributed by atoms with van der Waals surface area (Å²) in [7, 11) is 0. The minimum atomic E-state index is -0.870. The molecule has 0 amide bonds. The van der Waals surface area contributed by atoms with E-state index in [2.05, 4.69) is 9.97 Å². The number of halogens is 2. The molecule has 2 aromatic heterocycles. The van der Waals surface area contributed by atoms with Crippen LogP contribution in [0.25, 0.3) is 22.4 Å². The molecule has 0 aliphatic carbocycles. The van der Waals surface area contributed by atoms with Gasteiger partial charge in [-0.3, -0.25) is 9.97 Å². The minimum Gasteiger partial charge on any atom is -0.265 e. The summed E-state index contributed by atoms with van der Waals surface area (Å²) < 4.78 is 26.3. The van der Waals surface area contributed by atoms with Gasteiger partial charge in [-0.2, -0.15) is 0 Å². The van der Waals surface area contributed by atoms with Gasteiger partial charge in [0.1, 0.15) is 0 Å². The van der Waals surface area contributed by atoms with Crippen molar-refractivity contribution >= 4 is 0 Å². The molecule has 0 atom stereocenters. The number of hydrogen-bond acceptors (Lipinski definition) is 2. The molecule has 0 saturated carbocycles. The molecule has 2 nitrogen and oxygen atoms in total. The molecule has 0 saturated heterocycles. The standard InChI is InChI=1S/C17H12F2N2/c1-11-8-17(13-2-3-15(18)16(19)9-13)21-10-14(11)12-4-6-20-7-5-12/h2-10H,1H3. The van der Waals surface area contributed by atoms with Gasteiger partial charge in [0.2, 0.25) is 0 Å². The summed E-state index contributed by atoms with van der Waals surface area (Å²) in [6.07, 6.45) is 5.18. The Morgan fingerprint density at radius 2 is 1.62 bits per heavy atom. The predicted octanol–water partition coefficient (Wildman–Crippen LogP) is 4.40. The van der Waals surface area contributed by atoms with Gasteiger partial charge in [0.05, 0.1) is 5.69 Å². The fraction of sp³-hybridized carbons (Fsp3) is 0.0588. The van der Waals surface area contributed by atoms with Crippen molar-refractivity contribution in [1.29, 1.82) is 0 Å². The van der Waals surface area contributed by atoms with Crippen molar-refractivity contribution in [1.82, 2.24) is 9.97 Å². The predicted molar refractivity (Wildman–Crippen MR) is 77.6 cm³/mol. The van der Waals surface area contributed by atoms with Crippen LogP contribution in [0.2, 0.25) is 0 Å². The fourth-order valence-corrected chi connectivity index (χ4v) is 2.20. The number of aryl methyl sites for hydroxylation is 1. The zero-order valence-corrected chi connectivity index (χ0v) is 11.3. The van der Waals surface area contributed by atoms with Gasteiger partial charge < -0.3 is 0 Å². The van der Waals surface area contributed by atoms with E-state index in [4.69, 9.17) is 0 Å². The molecule has 0 aliphatic rings. The van der Waals surface area contributed by atoms with Gasteiger partial charge in [-0.15, -0.1) is 0 Å². The van der Waals surface area contributed by atoms with E-state index in [1.165, 1.54) is 6.07 Å². The third-order valence-corrected chi connectivity index (χ3v) is 3.32. The number of rotatable bonds is 2. The molecule has 1 aromatic carbocycles. The lowest BCUT2D eigenvalue weighted by Crippen LogP contribution is -1.91. The molecular formula is C17H12F2N2. The lowest BCUT2D eigenvalue weighted by molar-refractivity contribution is 0.509. The Labute approximate surface area is 121 Å². The molecule has 0 unspecified atom stereocenters. The van der Waals surface area contributed by atoms with Crippen molar-refractivity contribution in [3.8, 4) is 22.4 Å². The second-order valence-electron chi connectivity index (χ2n) is 4.75. The molecule has 0 spiro atoms. The second-order valence-corrected chi connectivity index (χ2v) is 4.75. The molecular weight excluding hydrogens is 270 g/mol. The smallest absolute Gasteiger partial charge is 0.159 e. The second kappa shape index (κ2) is 5.40. The maximum atomic E-state index is 13.3. The van der Waals surface area contributed by atoms with Crippen LogP contribution >= 0.6 is 0 Å². The third kappa shape index (κ3) is 2.65. The summed E-state index contributed by atoms with van der Waals surface area (Å²) in [6, 6.07) is 9.46. The van der Waals surface area contributed by atoms with Crippen molar-refractivity contribution in [3.63, 3.8) is 0 Å². The van der Waals surface area contributed by atoms with Crippen molar-refractivity contribution in [2.24, 2.45) is 0 Å². The highest BCUT2D eigenvalue weighted by atomic mass is 19.2. The van der Waals surface area contributed by atoms with E-state index in [1.807, 2.05) is 25.1 Å². The highest BCUT2D eigenvalue weighted by molar-refractivity contribution is 5.70. The summed E-state index contributed by atoms with van der Waals surface area (Å²) in [6.45, 7) is 1.96. The van der Waals surface area contributed by atoms with E-state index in [0.717, 1.165) is 28.8 Å². The Bertz CT molecular complexity index is 786. The Kier molecular flexibility index (Phi) is 3.44. The van der Waals surface area contributed by atoms with Crippen LogP contribution in [0.5, 0.6) is 0 Å². The van der Waals surface area contributed by atoms with E-state index in [1.54, 1.807) is 18.6 Å². The molecule has 0 fully saturated rings. The molecule has 0 bridgehead atoms. The van der Waals surface area contributed by atoms with Crippen LogP contribution in [0.1, 0.15) is 5.56 Å². The highest BCUT2D eigenvalue weighted by Crippen LogP contribution is 2.26. The van der Waals surface area contributed by atoms with E-state index in [0.29, 0.717) is 11.3 Å². The van der Waals surface area contributed by atoms with Crippen molar-refractivity contribution in [3.05, 3.63) is 72.2 Å². The molecule has 2 heterocycles. The van der Waals surface area contributed by atoms with Gasteiger partial charge in [0.25, 0.3) is 0 Å². The molecule has 104 valence electrons. The van der Waals surface area contributed by atoms with Crippen LogP contribution < -0.4 is 0 Å². The average molecular weight is 282 g/mol. The number of hydrogen-bond donors (Lipinski definition) is 0.